The number of amides is 1. The monoisotopic (exact) mass is 375 g/mol. The van der Waals surface area contributed by atoms with Crippen LogP contribution in [0.15, 0.2) is 67.0 Å². The first-order valence-corrected chi connectivity index (χ1v) is 9.74. The van der Waals surface area contributed by atoms with Crippen LogP contribution in [0.5, 0.6) is 0 Å². The lowest BCUT2D eigenvalue weighted by Crippen LogP contribution is -2.32. The number of aryl methyl sites for hydroxylation is 1. The summed E-state index contributed by atoms with van der Waals surface area (Å²) in [5.41, 5.74) is 3.46. The van der Waals surface area contributed by atoms with Crippen molar-refractivity contribution in [2.24, 2.45) is 0 Å². The molecule has 1 amide bonds. The summed E-state index contributed by atoms with van der Waals surface area (Å²) < 4.78 is 7.70. The van der Waals surface area contributed by atoms with Crippen molar-refractivity contribution >= 4 is 6.09 Å². The number of benzene rings is 2. The molecule has 0 unspecified atom stereocenters. The number of ether oxygens (including phenoxy) is 1. The van der Waals surface area contributed by atoms with Gasteiger partial charge in [-0.1, -0.05) is 60.2 Å². The fraction of sp³-hybridized carbons (Fsp3) is 0.304. The molecule has 28 heavy (non-hydrogen) atoms. The average Bonchev–Trinajstić information content (AvgIpc) is 3.38. The first kappa shape index (κ1) is 18.3. The number of aromatic nitrogens is 2. The van der Waals surface area contributed by atoms with E-state index in [9.17, 15) is 4.79 Å². The summed E-state index contributed by atoms with van der Waals surface area (Å²) in [6.45, 7) is 3.83. The largest absolute Gasteiger partial charge is 0.445 e. The van der Waals surface area contributed by atoms with Crippen LogP contribution < -0.4 is 0 Å². The molecular formula is C23H25N3O2. The van der Waals surface area contributed by atoms with Gasteiger partial charge in [0.25, 0.3) is 0 Å². The van der Waals surface area contributed by atoms with Crippen molar-refractivity contribution in [3.8, 4) is 0 Å². The predicted molar refractivity (Wildman–Crippen MR) is 108 cm³/mol. The third kappa shape index (κ3) is 4.09. The second-order valence-corrected chi connectivity index (χ2v) is 7.29. The zero-order chi connectivity index (χ0) is 19.3. The second kappa shape index (κ2) is 8.30. The van der Waals surface area contributed by atoms with Gasteiger partial charge in [0.05, 0.1) is 6.04 Å². The Labute approximate surface area is 165 Å². The Morgan fingerprint density at radius 1 is 1.11 bits per heavy atom. The van der Waals surface area contributed by atoms with Crippen LogP contribution in [0.25, 0.3) is 0 Å². The van der Waals surface area contributed by atoms with Gasteiger partial charge in [0.15, 0.2) is 0 Å². The van der Waals surface area contributed by atoms with Crippen molar-refractivity contribution < 1.29 is 9.53 Å². The molecule has 1 aromatic heterocycles. The minimum Gasteiger partial charge on any atom is -0.445 e. The normalized spacial score (nSPS) is 16.3. The van der Waals surface area contributed by atoms with Crippen LogP contribution in [0.4, 0.5) is 4.79 Å². The molecule has 0 aliphatic carbocycles. The maximum atomic E-state index is 12.7. The van der Waals surface area contributed by atoms with Gasteiger partial charge in [-0.15, -0.1) is 0 Å². The van der Waals surface area contributed by atoms with Crippen LogP contribution in [0.1, 0.15) is 41.4 Å². The van der Waals surface area contributed by atoms with Crippen LogP contribution in [0, 0.1) is 6.92 Å². The van der Waals surface area contributed by atoms with E-state index in [1.807, 2.05) is 47.6 Å². The Bertz CT molecular complexity index is 919. The van der Waals surface area contributed by atoms with E-state index in [1.54, 1.807) is 0 Å². The number of likely N-dealkylation sites (tertiary alicyclic amines) is 1. The molecular weight excluding hydrogens is 350 g/mol. The number of rotatable bonds is 5. The van der Waals surface area contributed by atoms with E-state index in [0.717, 1.165) is 30.8 Å². The summed E-state index contributed by atoms with van der Waals surface area (Å²) in [6.07, 6.45) is 5.40. The molecule has 1 atom stereocenters. The minimum absolute atomic E-state index is 0.0382. The van der Waals surface area contributed by atoms with Crippen LogP contribution in [0.2, 0.25) is 0 Å². The highest BCUT2D eigenvalue weighted by molar-refractivity contribution is 5.68. The summed E-state index contributed by atoms with van der Waals surface area (Å²) in [6, 6.07) is 18.3. The van der Waals surface area contributed by atoms with Gasteiger partial charge in [-0.25, -0.2) is 9.78 Å². The number of hydrogen-bond acceptors (Lipinski definition) is 3. The third-order valence-electron chi connectivity index (χ3n) is 5.21. The quantitative estimate of drug-likeness (QED) is 0.649. The highest BCUT2D eigenvalue weighted by atomic mass is 16.6. The molecule has 0 bridgehead atoms. The van der Waals surface area contributed by atoms with Gasteiger partial charge in [-0.05, 0) is 30.9 Å². The second-order valence-electron chi connectivity index (χ2n) is 7.29. The van der Waals surface area contributed by atoms with Gasteiger partial charge in [0, 0.05) is 25.5 Å². The molecule has 2 heterocycles. The van der Waals surface area contributed by atoms with Crippen molar-refractivity contribution in [3.63, 3.8) is 0 Å². The fourth-order valence-electron chi connectivity index (χ4n) is 3.70. The van der Waals surface area contributed by atoms with Gasteiger partial charge in [-0.2, -0.15) is 0 Å². The number of carbonyl (C=O) groups excluding carboxylic acids is 1. The van der Waals surface area contributed by atoms with Gasteiger partial charge < -0.3 is 9.30 Å². The Hall–Kier alpha value is -3.08. The van der Waals surface area contributed by atoms with E-state index >= 15 is 0 Å². The first-order valence-electron chi connectivity index (χ1n) is 9.74. The number of imidazole rings is 1. The summed E-state index contributed by atoms with van der Waals surface area (Å²) in [4.78, 5) is 19.1. The fourth-order valence-corrected chi connectivity index (χ4v) is 3.70. The molecule has 4 rings (SSSR count). The molecule has 5 heteroatoms. The SMILES string of the molecule is Cc1ccc(Cn2ccnc2[C@H]2CCCN2C(=O)OCc2ccccc2)cc1. The molecule has 0 spiro atoms. The van der Waals surface area contributed by atoms with Gasteiger partial charge in [0.1, 0.15) is 12.4 Å². The number of hydrogen-bond donors (Lipinski definition) is 0. The van der Waals surface area contributed by atoms with Crippen LogP contribution >= 0.6 is 0 Å². The van der Waals surface area contributed by atoms with E-state index in [4.69, 9.17) is 4.74 Å². The predicted octanol–water partition coefficient (Wildman–Crippen LogP) is 4.71. The Balaban J connectivity index is 1.45. The van der Waals surface area contributed by atoms with Crippen LogP contribution in [0.3, 0.4) is 0 Å². The van der Waals surface area contributed by atoms with Gasteiger partial charge in [-0.3, -0.25) is 4.90 Å². The zero-order valence-corrected chi connectivity index (χ0v) is 16.1. The lowest BCUT2D eigenvalue weighted by molar-refractivity contribution is 0.0904. The Kier molecular flexibility index (Phi) is 5.42. The molecule has 2 aromatic carbocycles. The summed E-state index contributed by atoms with van der Waals surface area (Å²) in [5, 5.41) is 0. The van der Waals surface area contributed by atoms with E-state index in [0.29, 0.717) is 13.2 Å². The van der Waals surface area contributed by atoms with E-state index in [2.05, 4.69) is 40.7 Å². The maximum Gasteiger partial charge on any atom is 0.410 e. The van der Waals surface area contributed by atoms with Crippen molar-refractivity contribution in [3.05, 3.63) is 89.5 Å². The smallest absolute Gasteiger partial charge is 0.410 e. The Morgan fingerprint density at radius 2 is 1.89 bits per heavy atom. The first-order chi connectivity index (χ1) is 13.7. The molecule has 1 aliphatic rings. The zero-order valence-electron chi connectivity index (χ0n) is 16.1. The molecule has 0 N–H and O–H groups in total. The third-order valence-corrected chi connectivity index (χ3v) is 5.21. The van der Waals surface area contributed by atoms with Gasteiger partial charge >= 0.3 is 6.09 Å². The Morgan fingerprint density at radius 3 is 2.68 bits per heavy atom. The van der Waals surface area contributed by atoms with Crippen LogP contribution in [-0.4, -0.2) is 27.1 Å². The average molecular weight is 375 g/mol. The van der Waals surface area contributed by atoms with E-state index in [1.165, 1.54) is 11.1 Å². The van der Waals surface area contributed by atoms with E-state index in [-0.39, 0.29) is 12.1 Å². The molecule has 5 nitrogen and oxygen atoms in total. The molecule has 1 fully saturated rings. The summed E-state index contributed by atoms with van der Waals surface area (Å²) in [5.74, 6) is 0.926. The molecule has 144 valence electrons. The summed E-state index contributed by atoms with van der Waals surface area (Å²) in [7, 11) is 0. The van der Waals surface area contributed by atoms with Gasteiger partial charge in [0.2, 0.25) is 0 Å². The van der Waals surface area contributed by atoms with E-state index < -0.39 is 0 Å². The number of nitrogens with zero attached hydrogens (tertiary/aromatic N) is 3. The maximum absolute atomic E-state index is 12.7. The highest BCUT2D eigenvalue weighted by Gasteiger charge is 2.33. The molecule has 3 aromatic rings. The van der Waals surface area contributed by atoms with Crippen molar-refractivity contribution in [1.82, 2.24) is 14.5 Å². The van der Waals surface area contributed by atoms with Crippen molar-refractivity contribution in [2.45, 2.75) is 39.0 Å². The summed E-state index contributed by atoms with van der Waals surface area (Å²) >= 11 is 0. The highest BCUT2D eigenvalue weighted by Crippen LogP contribution is 2.32. The lowest BCUT2D eigenvalue weighted by Gasteiger charge is -2.24. The number of carbonyl (C=O) groups is 1. The lowest BCUT2D eigenvalue weighted by atomic mass is 10.1. The topological polar surface area (TPSA) is 47.4 Å². The minimum atomic E-state index is -0.267. The molecule has 1 saturated heterocycles. The standard InChI is InChI=1S/C23H25N3O2/c1-18-9-11-19(12-10-18)16-25-15-13-24-22(25)21-8-5-14-26(21)23(27)28-17-20-6-3-2-4-7-20/h2-4,6-7,9-13,15,21H,5,8,14,16-17H2,1H3/t21-/m1/s1. The van der Waals surface area contributed by atoms with Crippen molar-refractivity contribution in [1.29, 1.82) is 0 Å². The van der Waals surface area contributed by atoms with Crippen LogP contribution in [-0.2, 0) is 17.9 Å². The van der Waals surface area contributed by atoms with Crippen molar-refractivity contribution in [2.75, 3.05) is 6.54 Å². The molecule has 0 saturated carbocycles. The molecule has 1 aliphatic heterocycles. The molecule has 0 radical (unpaired) electrons.